The van der Waals surface area contributed by atoms with Gasteiger partial charge in [0.05, 0.1) is 0 Å². The second-order valence-electron chi connectivity index (χ2n) is 10.4. The number of hydrogen-bond acceptors (Lipinski definition) is 3. The molecule has 0 saturated heterocycles. The first-order valence-corrected chi connectivity index (χ1v) is 18.5. The van der Waals surface area contributed by atoms with Gasteiger partial charge in [-0.1, -0.05) is 139 Å². The van der Waals surface area contributed by atoms with Crippen molar-refractivity contribution in [1.82, 2.24) is 0 Å². The Hall–Kier alpha value is -4.21. The third kappa shape index (κ3) is 3.45. The lowest BCUT2D eigenvalue weighted by molar-refractivity contribution is 0.466. The number of para-hydroxylation sites is 2. The van der Waals surface area contributed by atoms with E-state index in [1.165, 1.54) is 15.6 Å². The van der Waals surface area contributed by atoms with Gasteiger partial charge in [0.25, 0.3) is 0 Å². The highest BCUT2D eigenvalue weighted by Gasteiger charge is 2.54. The van der Waals surface area contributed by atoms with Crippen LogP contribution in [-0.4, -0.2) is 8.07 Å². The van der Waals surface area contributed by atoms with Crippen LogP contribution >= 0.6 is 6.04 Å². The first-order valence-electron chi connectivity index (χ1n) is 13.7. The normalized spacial score (nSPS) is 16.4. The van der Waals surface area contributed by atoms with E-state index < -0.39 is 14.1 Å². The maximum atomic E-state index is 7.02. The fourth-order valence-corrected chi connectivity index (χ4v) is 15.8. The Labute approximate surface area is 245 Å². The van der Waals surface area contributed by atoms with Crippen molar-refractivity contribution in [3.05, 3.63) is 152 Å². The highest BCUT2D eigenvalue weighted by molar-refractivity contribution is 8.25. The summed E-state index contributed by atoms with van der Waals surface area (Å²) in [7, 11) is -2.84. The first kappa shape index (κ1) is 24.6. The summed E-state index contributed by atoms with van der Waals surface area (Å²) in [5.74, 6) is 3.53. The van der Waals surface area contributed by atoms with E-state index in [0.29, 0.717) is 0 Å². The van der Waals surface area contributed by atoms with Gasteiger partial charge >= 0.3 is 0 Å². The molecule has 0 spiro atoms. The quantitative estimate of drug-likeness (QED) is 0.215. The summed E-state index contributed by atoms with van der Waals surface area (Å²) in [6, 6.07) is 51.0. The SMILES string of the molecule is S=P(c1ccccc1)(c1ccccc1)c1ccc2c3c1Oc1ccccc1[Si]3(c1ccccc1)c1ccccc1O2. The summed E-state index contributed by atoms with van der Waals surface area (Å²) in [4.78, 5) is 0. The molecule has 2 aliphatic heterocycles. The van der Waals surface area contributed by atoms with Gasteiger partial charge in [-0.3, -0.25) is 0 Å². The van der Waals surface area contributed by atoms with E-state index in [9.17, 15) is 0 Å². The summed E-state index contributed by atoms with van der Waals surface area (Å²) in [5.41, 5.74) is 0. The van der Waals surface area contributed by atoms with E-state index in [0.717, 1.165) is 44.1 Å². The lowest BCUT2D eigenvalue weighted by Crippen LogP contribution is -2.77. The predicted molar refractivity (Wildman–Crippen MR) is 176 cm³/mol. The van der Waals surface area contributed by atoms with Gasteiger partial charge in [0.1, 0.15) is 23.0 Å². The third-order valence-corrected chi connectivity index (χ3v) is 18.1. The average Bonchev–Trinajstić information content (AvgIpc) is 3.05. The highest BCUT2D eigenvalue weighted by Crippen LogP contribution is 2.48. The van der Waals surface area contributed by atoms with Gasteiger partial charge in [0.2, 0.25) is 0 Å². The molecule has 1 unspecified atom stereocenters. The van der Waals surface area contributed by atoms with Crippen molar-refractivity contribution >= 4 is 62.6 Å². The number of fused-ring (bicyclic) bond motifs is 4. The zero-order valence-corrected chi connectivity index (χ0v) is 24.8. The third-order valence-electron chi connectivity index (χ3n) is 8.27. The van der Waals surface area contributed by atoms with Crippen LogP contribution in [0.15, 0.2) is 152 Å². The van der Waals surface area contributed by atoms with Crippen molar-refractivity contribution in [2.75, 3.05) is 0 Å². The van der Waals surface area contributed by atoms with Crippen LogP contribution in [-0.2, 0) is 11.8 Å². The molecule has 6 aromatic rings. The summed E-state index contributed by atoms with van der Waals surface area (Å²) in [5, 5.41) is 8.28. The molecule has 0 saturated carbocycles. The molecule has 1 atom stereocenters. The molecule has 0 radical (unpaired) electrons. The molecule has 0 bridgehead atoms. The zero-order valence-electron chi connectivity index (χ0n) is 22.1. The van der Waals surface area contributed by atoms with Crippen molar-refractivity contribution in [2.45, 2.75) is 0 Å². The fraction of sp³-hybridized carbons (Fsp3) is 0. The smallest absolute Gasteiger partial charge is 0.197 e. The van der Waals surface area contributed by atoms with Crippen LogP contribution < -0.4 is 46.1 Å². The summed E-state index contributed by atoms with van der Waals surface area (Å²) in [6.45, 7) is 0. The van der Waals surface area contributed by atoms with Crippen molar-refractivity contribution < 1.29 is 9.47 Å². The van der Waals surface area contributed by atoms with Crippen LogP contribution in [0.5, 0.6) is 23.0 Å². The van der Waals surface area contributed by atoms with E-state index in [1.54, 1.807) is 0 Å². The Balaban J connectivity index is 1.54. The second kappa shape index (κ2) is 9.42. The molecular weight excluding hydrogens is 556 g/mol. The van der Waals surface area contributed by atoms with Crippen LogP contribution in [0, 0.1) is 0 Å². The summed E-state index contributed by atoms with van der Waals surface area (Å²) >= 11 is 6.86. The lowest BCUT2D eigenvalue weighted by atomic mass is 10.2. The van der Waals surface area contributed by atoms with Gasteiger partial charge in [0, 0.05) is 16.5 Å². The molecule has 8 rings (SSSR count). The van der Waals surface area contributed by atoms with Gasteiger partial charge in [-0.2, -0.15) is 0 Å². The van der Waals surface area contributed by atoms with Gasteiger partial charge in [-0.25, -0.2) is 0 Å². The van der Waals surface area contributed by atoms with E-state index in [4.69, 9.17) is 21.3 Å². The maximum absolute atomic E-state index is 7.02. The summed E-state index contributed by atoms with van der Waals surface area (Å²) in [6.07, 6.45) is 0. The molecule has 2 nitrogen and oxygen atoms in total. The van der Waals surface area contributed by atoms with Gasteiger partial charge in [0.15, 0.2) is 8.07 Å². The lowest BCUT2D eigenvalue weighted by Gasteiger charge is -2.44. The first-order chi connectivity index (χ1) is 20.2. The second-order valence-corrected chi connectivity index (χ2v) is 18.4. The Morgan fingerprint density at radius 1 is 0.463 bits per heavy atom. The van der Waals surface area contributed by atoms with Crippen LogP contribution in [0.25, 0.3) is 0 Å². The highest BCUT2D eigenvalue weighted by atomic mass is 32.4. The van der Waals surface area contributed by atoms with Crippen LogP contribution in [0.3, 0.4) is 0 Å². The van der Waals surface area contributed by atoms with Crippen molar-refractivity contribution in [3.63, 3.8) is 0 Å². The molecule has 41 heavy (non-hydrogen) atoms. The Bertz CT molecular complexity index is 1920. The molecule has 0 aliphatic carbocycles. The monoisotopic (exact) mass is 580 g/mol. The number of hydrogen-bond donors (Lipinski definition) is 0. The predicted octanol–water partition coefficient (Wildman–Crippen LogP) is 5.03. The molecule has 196 valence electrons. The number of ether oxygens (including phenoxy) is 2. The van der Waals surface area contributed by atoms with Gasteiger partial charge in [-0.05, 0) is 50.4 Å². The number of rotatable bonds is 4. The van der Waals surface area contributed by atoms with Crippen LogP contribution in [0.2, 0.25) is 0 Å². The Kier molecular flexibility index (Phi) is 5.65. The van der Waals surface area contributed by atoms with E-state index in [-0.39, 0.29) is 0 Å². The van der Waals surface area contributed by atoms with Crippen LogP contribution in [0.4, 0.5) is 0 Å². The van der Waals surface area contributed by atoms with Crippen molar-refractivity contribution in [2.24, 2.45) is 0 Å². The van der Waals surface area contributed by atoms with Gasteiger partial charge < -0.3 is 9.47 Å². The molecule has 6 aromatic carbocycles. The van der Waals surface area contributed by atoms with Gasteiger partial charge in [-0.15, -0.1) is 0 Å². The van der Waals surface area contributed by atoms with E-state index in [2.05, 4.69) is 152 Å². The molecule has 2 heterocycles. The zero-order chi connectivity index (χ0) is 27.4. The molecule has 0 fully saturated rings. The van der Waals surface area contributed by atoms with E-state index in [1.807, 2.05) is 0 Å². The minimum atomic E-state index is -2.84. The van der Waals surface area contributed by atoms with Crippen LogP contribution in [0.1, 0.15) is 0 Å². The topological polar surface area (TPSA) is 18.5 Å². The molecule has 5 heteroatoms. The molecular formula is C36H25O2PSSi. The minimum absolute atomic E-state index is 0.857. The largest absolute Gasteiger partial charge is 0.457 e. The fourth-order valence-electron chi connectivity index (χ4n) is 6.57. The Morgan fingerprint density at radius 3 is 1.54 bits per heavy atom. The minimum Gasteiger partial charge on any atom is -0.457 e. The van der Waals surface area contributed by atoms with Crippen molar-refractivity contribution in [1.29, 1.82) is 0 Å². The molecule has 2 aliphatic rings. The summed E-state index contributed by atoms with van der Waals surface area (Å²) < 4.78 is 13.7. The average molecular weight is 581 g/mol. The molecule has 0 aromatic heterocycles. The van der Waals surface area contributed by atoms with E-state index >= 15 is 0 Å². The Morgan fingerprint density at radius 2 is 0.951 bits per heavy atom. The molecule has 0 amide bonds. The van der Waals surface area contributed by atoms with Crippen molar-refractivity contribution in [3.8, 4) is 23.0 Å². The number of benzene rings is 6. The standard InChI is InChI=1S/C36H25O2PSSi/c40-39(26-14-4-1-5-15-26,27-16-6-2-7-17-27)32-25-24-31-36-35(32)38-30-21-11-13-23-34(30)41(36,28-18-8-3-9-19-28)33-22-12-10-20-29(33)37-31/h1-25H. The molecule has 0 N–H and O–H groups in total. The maximum Gasteiger partial charge on any atom is 0.197 e.